The van der Waals surface area contributed by atoms with Crippen LogP contribution >= 0.6 is 0 Å². The van der Waals surface area contributed by atoms with Gasteiger partial charge in [-0.3, -0.25) is 14.9 Å². The van der Waals surface area contributed by atoms with Crippen LogP contribution in [-0.2, 0) is 17.6 Å². The van der Waals surface area contributed by atoms with Gasteiger partial charge in [0.1, 0.15) is 5.82 Å². The highest BCUT2D eigenvalue weighted by molar-refractivity contribution is 6.03. The van der Waals surface area contributed by atoms with Gasteiger partial charge < -0.3 is 5.32 Å². The molecule has 1 aromatic heterocycles. The molecule has 7 heteroatoms. The molecule has 0 saturated carbocycles. The van der Waals surface area contributed by atoms with Crippen LogP contribution in [0.4, 0.5) is 10.3 Å². The van der Waals surface area contributed by atoms with Crippen molar-refractivity contribution in [1.29, 1.82) is 0 Å². The molecule has 0 radical (unpaired) electrons. The molecule has 32 heavy (non-hydrogen) atoms. The maximum Gasteiger partial charge on any atom is 0.258 e. The summed E-state index contributed by atoms with van der Waals surface area (Å²) in [6, 6.07) is 15.1. The molecule has 1 aliphatic rings. The highest BCUT2D eigenvalue weighted by Gasteiger charge is 2.26. The first kappa shape index (κ1) is 21.6. The van der Waals surface area contributed by atoms with Crippen LogP contribution in [0.5, 0.6) is 0 Å². The van der Waals surface area contributed by atoms with Crippen LogP contribution in [0, 0.1) is 5.82 Å². The molecule has 2 unspecified atom stereocenters. The Kier molecular flexibility index (Phi) is 6.54. The molecule has 164 valence electrons. The van der Waals surface area contributed by atoms with E-state index in [-0.39, 0.29) is 23.8 Å². The Morgan fingerprint density at radius 3 is 2.59 bits per heavy atom. The summed E-state index contributed by atoms with van der Waals surface area (Å²) in [6.07, 6.45) is 4.55. The number of carbonyl (C=O) groups is 2. The van der Waals surface area contributed by atoms with Crippen LogP contribution < -0.4 is 10.6 Å². The largest absolute Gasteiger partial charge is 0.352 e. The predicted molar refractivity (Wildman–Crippen MR) is 120 cm³/mol. The molecule has 6 nitrogen and oxygen atoms in total. The van der Waals surface area contributed by atoms with Crippen LogP contribution in [0.25, 0.3) is 0 Å². The van der Waals surface area contributed by atoms with E-state index in [1.165, 1.54) is 24.3 Å². The lowest BCUT2D eigenvalue weighted by Gasteiger charge is -2.27. The number of halogens is 1. The molecule has 3 aromatic rings. The maximum absolute atomic E-state index is 13.0. The number of nitrogens with zero attached hydrogens (tertiary/aromatic N) is 2. The van der Waals surface area contributed by atoms with Crippen molar-refractivity contribution < 1.29 is 14.0 Å². The van der Waals surface area contributed by atoms with Gasteiger partial charge in [0.2, 0.25) is 11.9 Å². The summed E-state index contributed by atoms with van der Waals surface area (Å²) in [4.78, 5) is 33.9. The molecule has 0 aliphatic heterocycles. The number of anilines is 1. The molecule has 1 aliphatic carbocycles. The summed E-state index contributed by atoms with van der Waals surface area (Å²) in [5.74, 6) is -0.704. The molecule has 2 amide bonds. The zero-order chi connectivity index (χ0) is 22.5. The van der Waals surface area contributed by atoms with Crippen LogP contribution in [0.2, 0.25) is 0 Å². The molecule has 2 N–H and O–H groups in total. The van der Waals surface area contributed by atoms with Gasteiger partial charge in [-0.1, -0.05) is 37.3 Å². The van der Waals surface area contributed by atoms with Gasteiger partial charge in [0.15, 0.2) is 0 Å². The lowest BCUT2D eigenvalue weighted by Crippen LogP contribution is -2.41. The van der Waals surface area contributed by atoms with Gasteiger partial charge in [0, 0.05) is 23.5 Å². The minimum absolute atomic E-state index is 0.0241. The SMILES string of the molecule is CCC(C(=O)NC1CCc2nc(NC(=O)c3ccc(F)cc3)ncc2C1)c1ccccc1. The number of fused-ring (bicyclic) bond motifs is 1. The number of carbonyl (C=O) groups excluding carboxylic acids is 2. The van der Waals surface area contributed by atoms with E-state index in [9.17, 15) is 14.0 Å². The molecule has 2 atom stereocenters. The zero-order valence-corrected chi connectivity index (χ0v) is 17.8. The van der Waals surface area contributed by atoms with Crippen molar-refractivity contribution in [2.45, 2.75) is 44.6 Å². The number of benzene rings is 2. The van der Waals surface area contributed by atoms with E-state index in [4.69, 9.17) is 0 Å². The Bertz CT molecular complexity index is 1100. The van der Waals surface area contributed by atoms with E-state index in [2.05, 4.69) is 20.6 Å². The normalized spacial score (nSPS) is 16.0. The van der Waals surface area contributed by atoms with Gasteiger partial charge in [0.05, 0.1) is 5.92 Å². The summed E-state index contributed by atoms with van der Waals surface area (Å²) in [7, 11) is 0. The van der Waals surface area contributed by atoms with Crippen LogP contribution in [0.3, 0.4) is 0 Å². The number of hydrogen-bond donors (Lipinski definition) is 2. The van der Waals surface area contributed by atoms with E-state index in [0.29, 0.717) is 18.4 Å². The smallest absolute Gasteiger partial charge is 0.258 e. The summed E-state index contributed by atoms with van der Waals surface area (Å²) < 4.78 is 13.0. The Morgan fingerprint density at radius 2 is 1.88 bits per heavy atom. The molecule has 0 spiro atoms. The van der Waals surface area contributed by atoms with Crippen molar-refractivity contribution in [1.82, 2.24) is 15.3 Å². The Labute approximate surface area is 186 Å². The topological polar surface area (TPSA) is 84.0 Å². The second-order valence-corrected chi connectivity index (χ2v) is 7.95. The monoisotopic (exact) mass is 432 g/mol. The van der Waals surface area contributed by atoms with Gasteiger partial charge in [-0.05, 0) is 61.1 Å². The van der Waals surface area contributed by atoms with Crippen molar-refractivity contribution in [2.24, 2.45) is 0 Å². The second-order valence-electron chi connectivity index (χ2n) is 7.95. The fraction of sp³-hybridized carbons (Fsp3) is 0.280. The number of rotatable bonds is 6. The highest BCUT2D eigenvalue weighted by Crippen LogP contribution is 2.23. The average Bonchev–Trinajstić information content (AvgIpc) is 2.81. The first-order chi connectivity index (χ1) is 15.5. The van der Waals surface area contributed by atoms with Crippen molar-refractivity contribution in [2.75, 3.05) is 5.32 Å². The standard InChI is InChI=1S/C25H25FN4O2/c1-2-21(16-6-4-3-5-7-16)24(32)28-20-12-13-22-18(14-20)15-27-25(29-22)30-23(31)17-8-10-19(26)11-9-17/h3-11,15,20-21H,2,12-14H2,1H3,(H,28,32)(H,27,29,30,31). The Balaban J connectivity index is 1.38. The quantitative estimate of drug-likeness (QED) is 0.616. The summed E-state index contributed by atoms with van der Waals surface area (Å²) in [6.45, 7) is 2.02. The van der Waals surface area contributed by atoms with E-state index >= 15 is 0 Å². The van der Waals surface area contributed by atoms with Gasteiger partial charge >= 0.3 is 0 Å². The molecule has 2 aromatic carbocycles. The first-order valence-corrected chi connectivity index (χ1v) is 10.8. The van der Waals surface area contributed by atoms with Gasteiger partial charge in [-0.15, -0.1) is 0 Å². The average molecular weight is 432 g/mol. The molecule has 0 fully saturated rings. The van der Waals surface area contributed by atoms with Gasteiger partial charge in [-0.2, -0.15) is 0 Å². The Hall–Kier alpha value is -3.61. The van der Waals surface area contributed by atoms with Crippen LogP contribution in [0.1, 0.15) is 52.9 Å². The van der Waals surface area contributed by atoms with E-state index < -0.39 is 11.7 Å². The second kappa shape index (κ2) is 9.68. The third kappa shape index (κ3) is 4.99. The van der Waals surface area contributed by atoms with Crippen molar-refractivity contribution in [3.8, 4) is 0 Å². The number of aromatic nitrogens is 2. The van der Waals surface area contributed by atoms with E-state index in [1.54, 1.807) is 6.20 Å². The van der Waals surface area contributed by atoms with Crippen molar-refractivity contribution in [3.63, 3.8) is 0 Å². The van der Waals surface area contributed by atoms with Crippen LogP contribution in [0.15, 0.2) is 60.8 Å². The minimum Gasteiger partial charge on any atom is -0.352 e. The predicted octanol–water partition coefficient (Wildman–Crippen LogP) is 4.04. The van der Waals surface area contributed by atoms with E-state index in [1.807, 2.05) is 37.3 Å². The molecule has 0 saturated heterocycles. The van der Waals surface area contributed by atoms with Gasteiger partial charge in [-0.25, -0.2) is 14.4 Å². The zero-order valence-electron chi connectivity index (χ0n) is 17.8. The fourth-order valence-electron chi connectivity index (χ4n) is 4.03. The minimum atomic E-state index is -0.401. The third-order valence-electron chi connectivity index (χ3n) is 5.75. The molecule has 4 rings (SSSR count). The molecule has 0 bridgehead atoms. The van der Waals surface area contributed by atoms with E-state index in [0.717, 1.165) is 29.7 Å². The van der Waals surface area contributed by atoms with Crippen molar-refractivity contribution >= 4 is 17.8 Å². The number of hydrogen-bond acceptors (Lipinski definition) is 4. The Morgan fingerprint density at radius 1 is 1.12 bits per heavy atom. The summed E-state index contributed by atoms with van der Waals surface area (Å²) in [5.41, 5.74) is 3.19. The van der Waals surface area contributed by atoms with Crippen molar-refractivity contribution in [3.05, 3.63) is 89.0 Å². The summed E-state index contributed by atoms with van der Waals surface area (Å²) >= 11 is 0. The highest BCUT2D eigenvalue weighted by atomic mass is 19.1. The number of aryl methyl sites for hydroxylation is 1. The lowest BCUT2D eigenvalue weighted by atomic mass is 9.91. The molecule has 1 heterocycles. The molecular weight excluding hydrogens is 407 g/mol. The fourth-order valence-corrected chi connectivity index (χ4v) is 4.03. The number of amides is 2. The third-order valence-corrected chi connectivity index (χ3v) is 5.75. The maximum atomic E-state index is 13.0. The first-order valence-electron chi connectivity index (χ1n) is 10.8. The molecular formula is C25H25FN4O2. The van der Waals surface area contributed by atoms with Gasteiger partial charge in [0.25, 0.3) is 5.91 Å². The lowest BCUT2D eigenvalue weighted by molar-refractivity contribution is -0.123. The number of nitrogens with one attached hydrogen (secondary N) is 2. The summed E-state index contributed by atoms with van der Waals surface area (Å²) in [5, 5.41) is 5.85. The van der Waals surface area contributed by atoms with Crippen LogP contribution in [-0.4, -0.2) is 27.8 Å².